The summed E-state index contributed by atoms with van der Waals surface area (Å²) in [6, 6.07) is 0. The predicted octanol–water partition coefficient (Wildman–Crippen LogP) is -2.81. The molecule has 0 heterocycles. The van der Waals surface area contributed by atoms with Gasteiger partial charge in [-0.3, -0.25) is 0 Å². The average molecular weight is 155 g/mol. The molecule has 2 nitrogen and oxygen atoms in total. The van der Waals surface area contributed by atoms with Gasteiger partial charge in [0.15, 0.2) is 13.1 Å². The number of rotatable bonds is 0. The second-order valence-corrected chi connectivity index (χ2v) is 0. The van der Waals surface area contributed by atoms with Crippen molar-refractivity contribution in [1.29, 1.82) is 10.5 Å². The van der Waals surface area contributed by atoms with E-state index in [4.69, 9.17) is 23.7 Å². The molecular formula is C2CuKN2+. The van der Waals surface area contributed by atoms with Gasteiger partial charge in [0.25, 0.3) is 0 Å². The molecule has 0 unspecified atom stereocenters. The summed E-state index contributed by atoms with van der Waals surface area (Å²) in [6.45, 7) is 9.50. The van der Waals surface area contributed by atoms with Crippen molar-refractivity contribution in [2.45, 2.75) is 0 Å². The molecule has 0 spiro atoms. The van der Waals surface area contributed by atoms with E-state index >= 15 is 0 Å². The summed E-state index contributed by atoms with van der Waals surface area (Å²) in [7, 11) is 0. The molecule has 0 amide bonds. The van der Waals surface area contributed by atoms with E-state index in [0.717, 1.165) is 0 Å². The summed E-state index contributed by atoms with van der Waals surface area (Å²) in [5, 5.41) is 12.5. The predicted molar refractivity (Wildman–Crippen MR) is 9.94 cm³/mol. The summed E-state index contributed by atoms with van der Waals surface area (Å²) in [5.74, 6) is 0. The molecule has 4 heteroatoms. The first-order chi connectivity index (χ1) is 2.00. The van der Waals surface area contributed by atoms with Crippen molar-refractivity contribution < 1.29 is 68.5 Å². The summed E-state index contributed by atoms with van der Waals surface area (Å²) in [6.07, 6.45) is 0. The van der Waals surface area contributed by atoms with E-state index in [2.05, 4.69) is 0 Å². The fourth-order valence-electron chi connectivity index (χ4n) is 0. The second-order valence-electron chi connectivity index (χ2n) is 0. The van der Waals surface area contributed by atoms with Gasteiger partial charge in [0.1, 0.15) is 0 Å². The van der Waals surface area contributed by atoms with E-state index in [1.807, 2.05) is 0 Å². The first-order valence-electron chi connectivity index (χ1n) is 0.447. The Bertz CT molecular complexity index is 27.0. The fourth-order valence-corrected chi connectivity index (χ4v) is 0. The van der Waals surface area contributed by atoms with Gasteiger partial charge in [0.05, 0.1) is 0 Å². The van der Waals surface area contributed by atoms with Gasteiger partial charge in [-0.05, 0) is 0 Å². The average Bonchev–Trinajstić information content (AvgIpc) is 1.50. The van der Waals surface area contributed by atoms with Crippen LogP contribution in [-0.4, -0.2) is 0 Å². The first kappa shape index (κ1) is 27.3. The molecule has 0 aliphatic carbocycles. The quantitative estimate of drug-likeness (QED) is 0.354. The van der Waals surface area contributed by atoms with Crippen molar-refractivity contribution >= 4 is 0 Å². The van der Waals surface area contributed by atoms with Crippen LogP contribution in [0.3, 0.4) is 0 Å². The third-order valence-corrected chi connectivity index (χ3v) is 0. The molecular weight excluding hydrogens is 155 g/mol. The minimum atomic E-state index is 0. The van der Waals surface area contributed by atoms with Gasteiger partial charge in [-0.2, -0.15) is 10.5 Å². The largest absolute Gasteiger partial charge is 1.00 e. The summed E-state index contributed by atoms with van der Waals surface area (Å²) < 4.78 is 0. The van der Waals surface area contributed by atoms with Crippen LogP contribution in [-0.2, 0) is 17.1 Å². The van der Waals surface area contributed by atoms with Crippen LogP contribution in [0, 0.1) is 23.7 Å². The van der Waals surface area contributed by atoms with Crippen LogP contribution >= 0.6 is 0 Å². The zero-order valence-corrected chi connectivity index (χ0v) is 7.26. The van der Waals surface area contributed by atoms with Crippen LogP contribution in [0.15, 0.2) is 0 Å². The van der Waals surface area contributed by atoms with E-state index < -0.39 is 0 Å². The molecule has 0 rings (SSSR count). The zero-order valence-electron chi connectivity index (χ0n) is 3.20. The molecule has 0 saturated carbocycles. The van der Waals surface area contributed by atoms with Gasteiger partial charge in [-0.25, -0.2) is 0 Å². The first-order valence-corrected chi connectivity index (χ1v) is 0.447. The Morgan fingerprint density at radius 2 is 0.833 bits per heavy atom. The molecule has 0 aromatic carbocycles. The van der Waals surface area contributed by atoms with Gasteiger partial charge < -0.3 is 0 Å². The molecule has 0 aliphatic heterocycles. The minimum Gasteiger partial charge on any atom is -0.181 e. The maximum atomic E-state index is 6.25. The molecule has 0 fully saturated rings. The van der Waals surface area contributed by atoms with Crippen molar-refractivity contribution in [3.05, 3.63) is 13.1 Å². The van der Waals surface area contributed by atoms with Crippen LogP contribution in [0.2, 0.25) is 0 Å². The van der Waals surface area contributed by atoms with Crippen LogP contribution < -0.4 is 51.4 Å². The van der Waals surface area contributed by atoms with Crippen molar-refractivity contribution in [3.63, 3.8) is 0 Å². The molecule has 0 aliphatic rings. The van der Waals surface area contributed by atoms with E-state index in [-0.39, 0.29) is 68.5 Å². The van der Waals surface area contributed by atoms with Gasteiger partial charge in [-0.15, -0.1) is 0 Å². The maximum Gasteiger partial charge on any atom is 1.00 e. The third kappa shape index (κ3) is 68.1. The molecule has 0 N–H and O–H groups in total. The Morgan fingerprint density at radius 1 is 0.833 bits per heavy atom. The molecule has 3 radical (unpaired) electrons. The Hall–Kier alpha value is 1.14. The Labute approximate surface area is 90.4 Å². The fraction of sp³-hybridized carbons (Fsp3) is 0. The van der Waals surface area contributed by atoms with Gasteiger partial charge >= 0.3 is 51.4 Å². The molecule has 0 bridgehead atoms. The van der Waals surface area contributed by atoms with Crippen molar-refractivity contribution in [2.24, 2.45) is 0 Å². The van der Waals surface area contributed by atoms with Crippen LogP contribution in [0.25, 0.3) is 0 Å². The molecule has 0 atom stereocenters. The molecule has 29 valence electrons. The van der Waals surface area contributed by atoms with Gasteiger partial charge in [0.2, 0.25) is 0 Å². The summed E-state index contributed by atoms with van der Waals surface area (Å²) >= 11 is 0. The molecule has 0 aromatic rings. The maximum absolute atomic E-state index is 6.25. The molecule has 0 aromatic heterocycles. The Balaban J connectivity index is -0.00000000500. The van der Waals surface area contributed by atoms with Gasteiger partial charge in [-0.1, -0.05) is 0 Å². The van der Waals surface area contributed by atoms with Crippen LogP contribution in [0.4, 0.5) is 0 Å². The van der Waals surface area contributed by atoms with Crippen LogP contribution in [0.5, 0.6) is 0 Å². The summed E-state index contributed by atoms with van der Waals surface area (Å²) in [5.41, 5.74) is 0. The third-order valence-electron chi connectivity index (χ3n) is 0. The number of hydrogen-bond donors (Lipinski definition) is 0. The number of hydrogen-bond acceptors (Lipinski definition) is 2. The second kappa shape index (κ2) is 125. The van der Waals surface area contributed by atoms with Gasteiger partial charge in [0, 0.05) is 17.1 Å². The minimum absolute atomic E-state index is 0. The van der Waals surface area contributed by atoms with Crippen molar-refractivity contribution in [1.82, 2.24) is 0 Å². The van der Waals surface area contributed by atoms with Crippen LogP contribution in [0.1, 0.15) is 0 Å². The SMILES string of the molecule is [C]#N.[C]#N.[Cu].[K+]. The Kier molecular flexibility index (Phi) is 571. The Morgan fingerprint density at radius 3 is 0.833 bits per heavy atom. The van der Waals surface area contributed by atoms with E-state index in [1.165, 1.54) is 0 Å². The van der Waals surface area contributed by atoms with E-state index in [9.17, 15) is 0 Å². The standard InChI is InChI=1S/2CN.Cu.K/c2*1-2;;/q;;;+1. The summed E-state index contributed by atoms with van der Waals surface area (Å²) in [4.78, 5) is 0. The topological polar surface area (TPSA) is 47.6 Å². The molecule has 0 saturated heterocycles. The number of nitrogens with zero attached hydrogens (tertiary/aromatic N) is 2. The smallest absolute Gasteiger partial charge is 0.181 e. The molecule has 6 heavy (non-hydrogen) atoms. The van der Waals surface area contributed by atoms with Crippen molar-refractivity contribution in [3.8, 4) is 0 Å². The normalized spacial score (nSPS) is 0.667. The zero-order chi connectivity index (χ0) is 4.00. The van der Waals surface area contributed by atoms with Crippen molar-refractivity contribution in [2.75, 3.05) is 0 Å². The van der Waals surface area contributed by atoms with E-state index in [1.54, 1.807) is 0 Å². The monoisotopic (exact) mass is 154 g/mol. The van der Waals surface area contributed by atoms with E-state index in [0.29, 0.717) is 0 Å².